The van der Waals surface area contributed by atoms with Gasteiger partial charge in [0.05, 0.1) is 24.9 Å². The third kappa shape index (κ3) is 4.11. The number of epoxide rings is 1. The molecule has 0 bridgehead atoms. The van der Waals surface area contributed by atoms with Crippen LogP contribution in [0.1, 0.15) is 60.3 Å². The van der Waals surface area contributed by atoms with Crippen LogP contribution in [0.15, 0.2) is 46.6 Å². The lowest BCUT2D eigenvalue weighted by Gasteiger charge is -2.47. The minimum absolute atomic E-state index is 0.0461. The highest BCUT2D eigenvalue weighted by molar-refractivity contribution is 5.32. The van der Waals surface area contributed by atoms with Gasteiger partial charge in [-0.05, 0) is 78.0 Å². The number of aliphatic hydroxyl groups is 2. The first kappa shape index (κ1) is 22.0. The minimum Gasteiger partial charge on any atom is -0.392 e. The van der Waals surface area contributed by atoms with Crippen LogP contribution in [-0.4, -0.2) is 52.6 Å². The van der Waals surface area contributed by atoms with Crippen molar-refractivity contribution < 1.29 is 24.4 Å². The fourth-order valence-corrected chi connectivity index (χ4v) is 5.25. The van der Waals surface area contributed by atoms with Crippen molar-refractivity contribution in [2.45, 2.75) is 96.1 Å². The summed E-state index contributed by atoms with van der Waals surface area (Å²) in [6.07, 6.45) is 10.8. The average Bonchev–Trinajstić information content (AvgIpc) is 3.35. The molecule has 5 nitrogen and oxygen atoms in total. The Balaban J connectivity index is 1.56. The van der Waals surface area contributed by atoms with Gasteiger partial charge in [-0.15, -0.1) is 0 Å². The monoisotopic (exact) mass is 416 g/mol. The van der Waals surface area contributed by atoms with Crippen molar-refractivity contribution in [2.24, 2.45) is 5.92 Å². The van der Waals surface area contributed by atoms with Gasteiger partial charge in [-0.3, -0.25) is 0 Å². The molecule has 1 aliphatic carbocycles. The minimum atomic E-state index is -0.988. The standard InChI is InChI=1S/C25H36O5/c1-15(2)7-6-8-16(3)9-19-10-17(4)12-25(28-19)13-18(14-26)20-11-21(27)24(5)23(30-24)22(20)29-25/h7,9,12-13,19-23,26-27H,6,8,10-11,14H2,1-5H3/t19-,20-,21-,22+,23+,24-,25+/m1/s1. The molecule has 2 fully saturated rings. The lowest BCUT2D eigenvalue weighted by molar-refractivity contribution is -0.241. The Labute approximate surface area is 180 Å². The van der Waals surface area contributed by atoms with Crippen LogP contribution in [0, 0.1) is 5.92 Å². The summed E-state index contributed by atoms with van der Waals surface area (Å²) in [6.45, 7) is 10.4. The highest BCUT2D eigenvalue weighted by Crippen LogP contribution is 2.55. The Hall–Kier alpha value is -1.24. The number of allylic oxidation sites excluding steroid dienone is 3. The maximum absolute atomic E-state index is 10.5. The van der Waals surface area contributed by atoms with Crippen LogP contribution in [0.3, 0.4) is 0 Å². The van der Waals surface area contributed by atoms with Crippen molar-refractivity contribution in [2.75, 3.05) is 6.61 Å². The number of ether oxygens (including phenoxy) is 3. The second kappa shape index (κ2) is 8.03. The van der Waals surface area contributed by atoms with Crippen molar-refractivity contribution in [1.82, 2.24) is 0 Å². The fraction of sp³-hybridized carbons (Fsp3) is 0.680. The molecule has 7 atom stereocenters. The van der Waals surface area contributed by atoms with Crippen molar-refractivity contribution in [1.29, 1.82) is 0 Å². The first-order chi connectivity index (χ1) is 14.2. The molecule has 4 aliphatic rings. The summed E-state index contributed by atoms with van der Waals surface area (Å²) in [5, 5.41) is 20.6. The Morgan fingerprint density at radius 2 is 1.97 bits per heavy atom. The van der Waals surface area contributed by atoms with E-state index in [2.05, 4.69) is 39.8 Å². The van der Waals surface area contributed by atoms with E-state index in [0.29, 0.717) is 6.42 Å². The predicted molar refractivity (Wildman–Crippen MR) is 116 cm³/mol. The number of fused-ring (bicyclic) bond motifs is 3. The van der Waals surface area contributed by atoms with Crippen LogP contribution in [0.2, 0.25) is 0 Å². The van der Waals surface area contributed by atoms with Crippen molar-refractivity contribution in [3.05, 3.63) is 46.6 Å². The SMILES string of the molecule is CC(C)=CCCC(C)=C[C@@H]1CC(C)=C[C@]2(C=C(CO)[C@H]3C[C@@H](O)[C@@]4(C)O[C@H]4[C@H]3O2)O1. The smallest absolute Gasteiger partial charge is 0.209 e. The van der Waals surface area contributed by atoms with Gasteiger partial charge in [-0.1, -0.05) is 28.9 Å². The maximum atomic E-state index is 10.5. The van der Waals surface area contributed by atoms with Crippen LogP contribution in [-0.2, 0) is 14.2 Å². The number of hydrogen-bond acceptors (Lipinski definition) is 5. The lowest BCUT2D eigenvalue weighted by Crippen LogP contribution is -2.55. The van der Waals surface area contributed by atoms with E-state index in [9.17, 15) is 10.2 Å². The second-order valence-corrected chi connectivity index (χ2v) is 9.95. The first-order valence-electron chi connectivity index (χ1n) is 11.2. The molecule has 2 N–H and O–H groups in total. The Bertz CT molecular complexity index is 804. The van der Waals surface area contributed by atoms with E-state index in [1.54, 1.807) is 0 Å². The van der Waals surface area contributed by atoms with Crippen LogP contribution >= 0.6 is 0 Å². The molecule has 30 heavy (non-hydrogen) atoms. The van der Waals surface area contributed by atoms with Gasteiger partial charge in [-0.25, -0.2) is 0 Å². The molecule has 3 heterocycles. The van der Waals surface area contributed by atoms with Crippen LogP contribution in [0.4, 0.5) is 0 Å². The van der Waals surface area contributed by atoms with Gasteiger partial charge in [-0.2, -0.15) is 0 Å². The highest BCUT2D eigenvalue weighted by atomic mass is 16.7. The molecule has 0 aromatic heterocycles. The zero-order valence-corrected chi connectivity index (χ0v) is 18.9. The van der Waals surface area contributed by atoms with Gasteiger partial charge in [0.25, 0.3) is 0 Å². The van der Waals surface area contributed by atoms with Crippen LogP contribution in [0.5, 0.6) is 0 Å². The number of rotatable bonds is 5. The summed E-state index contributed by atoms with van der Waals surface area (Å²) >= 11 is 0. The summed E-state index contributed by atoms with van der Waals surface area (Å²) in [5.74, 6) is -1.03. The summed E-state index contributed by atoms with van der Waals surface area (Å²) in [4.78, 5) is 0. The summed E-state index contributed by atoms with van der Waals surface area (Å²) < 4.78 is 18.9. The van der Waals surface area contributed by atoms with E-state index in [4.69, 9.17) is 14.2 Å². The van der Waals surface area contributed by atoms with E-state index >= 15 is 0 Å². The predicted octanol–water partition coefficient (Wildman–Crippen LogP) is 3.97. The van der Waals surface area contributed by atoms with Gasteiger partial charge in [0.15, 0.2) is 0 Å². The molecule has 1 spiro atoms. The molecule has 0 amide bonds. The molecule has 1 saturated carbocycles. The fourth-order valence-electron chi connectivity index (χ4n) is 5.25. The summed E-state index contributed by atoms with van der Waals surface area (Å²) in [6, 6.07) is 0. The molecule has 166 valence electrons. The van der Waals surface area contributed by atoms with Crippen molar-refractivity contribution >= 4 is 0 Å². The van der Waals surface area contributed by atoms with Gasteiger partial charge in [0.2, 0.25) is 5.79 Å². The van der Waals surface area contributed by atoms with Crippen LogP contribution < -0.4 is 0 Å². The molecular weight excluding hydrogens is 380 g/mol. The van der Waals surface area contributed by atoms with Gasteiger partial charge in [0, 0.05) is 5.92 Å². The van der Waals surface area contributed by atoms with E-state index < -0.39 is 17.5 Å². The summed E-state index contributed by atoms with van der Waals surface area (Å²) in [7, 11) is 0. The largest absolute Gasteiger partial charge is 0.392 e. The van der Waals surface area contributed by atoms with Gasteiger partial charge >= 0.3 is 0 Å². The Morgan fingerprint density at radius 1 is 1.20 bits per heavy atom. The molecule has 0 unspecified atom stereocenters. The van der Waals surface area contributed by atoms with E-state index in [1.807, 2.05) is 19.1 Å². The van der Waals surface area contributed by atoms with Crippen molar-refractivity contribution in [3.63, 3.8) is 0 Å². The third-order valence-corrected chi connectivity index (χ3v) is 6.96. The van der Waals surface area contributed by atoms with Gasteiger partial charge < -0.3 is 24.4 Å². The molecule has 0 radical (unpaired) electrons. The molecule has 0 aromatic rings. The Kier molecular flexibility index (Phi) is 5.88. The molecule has 4 rings (SSSR count). The van der Waals surface area contributed by atoms with Crippen molar-refractivity contribution in [3.8, 4) is 0 Å². The van der Waals surface area contributed by atoms with Gasteiger partial charge in [0.1, 0.15) is 11.7 Å². The molecule has 0 aromatic carbocycles. The molecule has 3 aliphatic heterocycles. The third-order valence-electron chi connectivity index (χ3n) is 6.96. The lowest BCUT2D eigenvalue weighted by atomic mass is 9.73. The molecule has 5 heteroatoms. The van der Waals surface area contributed by atoms with E-state index in [1.165, 1.54) is 16.7 Å². The molecular formula is C25H36O5. The average molecular weight is 417 g/mol. The normalized spacial score (nSPS) is 42.8. The zero-order valence-electron chi connectivity index (χ0n) is 18.9. The summed E-state index contributed by atoms with van der Waals surface area (Å²) in [5.41, 5.74) is 4.18. The zero-order chi connectivity index (χ0) is 21.7. The maximum Gasteiger partial charge on any atom is 0.209 e. The van der Waals surface area contributed by atoms with E-state index in [0.717, 1.165) is 24.8 Å². The topological polar surface area (TPSA) is 71.5 Å². The molecule has 1 saturated heterocycles. The highest BCUT2D eigenvalue weighted by Gasteiger charge is 2.68. The number of hydrogen-bond donors (Lipinski definition) is 2. The Morgan fingerprint density at radius 3 is 2.67 bits per heavy atom. The van der Waals surface area contributed by atoms with Crippen LogP contribution in [0.25, 0.3) is 0 Å². The quantitative estimate of drug-likeness (QED) is 0.524. The first-order valence-corrected chi connectivity index (χ1v) is 11.2. The van der Waals surface area contributed by atoms with E-state index in [-0.39, 0.29) is 30.8 Å². The number of aliphatic hydroxyl groups excluding tert-OH is 2. The second-order valence-electron chi connectivity index (χ2n) is 9.95.